The highest BCUT2D eigenvalue weighted by atomic mass is 16.5. The summed E-state index contributed by atoms with van der Waals surface area (Å²) >= 11 is 0. The highest BCUT2D eigenvalue weighted by Crippen LogP contribution is 2.28. The standard InChI is InChI=1S/C19H32N2O/c1-15(2)21(16(3)4)12-11-20-13-14-22-19(17(20)5)18-9-7-6-8-10-18/h6-10,15-17,19H,11-14H2,1-5H3. The van der Waals surface area contributed by atoms with Crippen molar-refractivity contribution in [3.63, 3.8) is 0 Å². The van der Waals surface area contributed by atoms with Gasteiger partial charge in [0.05, 0.1) is 12.7 Å². The Morgan fingerprint density at radius 2 is 1.77 bits per heavy atom. The second-order valence-corrected chi connectivity index (χ2v) is 6.90. The molecule has 2 unspecified atom stereocenters. The van der Waals surface area contributed by atoms with Gasteiger partial charge in [-0.25, -0.2) is 0 Å². The zero-order valence-corrected chi connectivity index (χ0v) is 14.8. The van der Waals surface area contributed by atoms with Crippen molar-refractivity contribution in [2.75, 3.05) is 26.2 Å². The minimum absolute atomic E-state index is 0.196. The van der Waals surface area contributed by atoms with Crippen LogP contribution in [-0.2, 0) is 4.74 Å². The van der Waals surface area contributed by atoms with E-state index < -0.39 is 0 Å². The van der Waals surface area contributed by atoms with Crippen LogP contribution in [0.3, 0.4) is 0 Å². The van der Waals surface area contributed by atoms with Crippen molar-refractivity contribution < 1.29 is 4.74 Å². The van der Waals surface area contributed by atoms with Crippen LogP contribution in [0.15, 0.2) is 30.3 Å². The van der Waals surface area contributed by atoms with Gasteiger partial charge in [0.1, 0.15) is 0 Å². The topological polar surface area (TPSA) is 15.7 Å². The number of morpholine rings is 1. The predicted molar refractivity (Wildman–Crippen MR) is 93.1 cm³/mol. The zero-order chi connectivity index (χ0) is 16.1. The zero-order valence-electron chi connectivity index (χ0n) is 14.8. The molecule has 1 aromatic carbocycles. The molecule has 1 fully saturated rings. The summed E-state index contributed by atoms with van der Waals surface area (Å²) in [6, 6.07) is 12.3. The molecule has 2 rings (SSSR count). The van der Waals surface area contributed by atoms with Gasteiger partial charge in [0.25, 0.3) is 0 Å². The second kappa shape index (κ2) is 8.09. The molecule has 1 saturated heterocycles. The van der Waals surface area contributed by atoms with Gasteiger partial charge in [0.2, 0.25) is 0 Å². The lowest BCUT2D eigenvalue weighted by Gasteiger charge is -2.41. The highest BCUT2D eigenvalue weighted by molar-refractivity contribution is 5.19. The van der Waals surface area contributed by atoms with Gasteiger partial charge in [0, 0.05) is 37.8 Å². The molecule has 0 amide bonds. The van der Waals surface area contributed by atoms with Gasteiger partial charge in [-0.15, -0.1) is 0 Å². The molecule has 2 atom stereocenters. The molecule has 22 heavy (non-hydrogen) atoms. The Morgan fingerprint density at radius 1 is 1.14 bits per heavy atom. The summed E-state index contributed by atoms with van der Waals surface area (Å²) in [5.74, 6) is 0. The van der Waals surface area contributed by atoms with Crippen LogP contribution in [0, 0.1) is 0 Å². The van der Waals surface area contributed by atoms with Gasteiger partial charge in [0.15, 0.2) is 0 Å². The van der Waals surface area contributed by atoms with Crippen molar-refractivity contribution in [1.29, 1.82) is 0 Å². The smallest absolute Gasteiger partial charge is 0.0977 e. The monoisotopic (exact) mass is 304 g/mol. The molecule has 1 aliphatic rings. The van der Waals surface area contributed by atoms with Crippen molar-refractivity contribution in [2.24, 2.45) is 0 Å². The van der Waals surface area contributed by atoms with Crippen LogP contribution in [0.5, 0.6) is 0 Å². The predicted octanol–water partition coefficient (Wildman–Crippen LogP) is 3.57. The first-order valence-electron chi connectivity index (χ1n) is 8.67. The first-order chi connectivity index (χ1) is 10.5. The van der Waals surface area contributed by atoms with Crippen LogP contribution in [0.2, 0.25) is 0 Å². The summed E-state index contributed by atoms with van der Waals surface area (Å²) in [6.45, 7) is 15.6. The van der Waals surface area contributed by atoms with E-state index in [1.54, 1.807) is 0 Å². The van der Waals surface area contributed by atoms with Crippen molar-refractivity contribution in [1.82, 2.24) is 9.80 Å². The van der Waals surface area contributed by atoms with Crippen molar-refractivity contribution in [3.05, 3.63) is 35.9 Å². The van der Waals surface area contributed by atoms with E-state index in [1.807, 2.05) is 0 Å². The van der Waals surface area contributed by atoms with Gasteiger partial charge in [-0.2, -0.15) is 0 Å². The molecule has 0 bridgehead atoms. The van der Waals surface area contributed by atoms with Gasteiger partial charge in [-0.3, -0.25) is 9.80 Å². The molecule has 0 radical (unpaired) electrons. The number of rotatable bonds is 6. The Hall–Kier alpha value is -0.900. The Labute approximate surface area is 136 Å². The molecule has 0 saturated carbocycles. The summed E-state index contributed by atoms with van der Waals surface area (Å²) in [6.07, 6.45) is 0.196. The molecule has 1 heterocycles. The Kier molecular flexibility index (Phi) is 6.42. The quantitative estimate of drug-likeness (QED) is 0.799. The summed E-state index contributed by atoms with van der Waals surface area (Å²) in [5, 5.41) is 0. The summed E-state index contributed by atoms with van der Waals surface area (Å²) in [5.41, 5.74) is 1.30. The summed E-state index contributed by atoms with van der Waals surface area (Å²) in [4.78, 5) is 5.15. The van der Waals surface area contributed by atoms with Gasteiger partial charge < -0.3 is 4.74 Å². The number of ether oxygens (including phenoxy) is 1. The fraction of sp³-hybridized carbons (Fsp3) is 0.684. The number of hydrogen-bond acceptors (Lipinski definition) is 3. The maximum atomic E-state index is 6.05. The van der Waals surface area contributed by atoms with Crippen LogP contribution in [0.1, 0.15) is 46.3 Å². The molecule has 0 aliphatic carbocycles. The minimum atomic E-state index is 0.196. The molecular weight excluding hydrogens is 272 g/mol. The van der Waals surface area contributed by atoms with Gasteiger partial charge in [-0.05, 0) is 40.2 Å². The molecule has 0 aromatic heterocycles. The number of benzene rings is 1. The van der Waals surface area contributed by atoms with E-state index in [-0.39, 0.29) is 6.10 Å². The molecule has 3 heteroatoms. The molecule has 1 aromatic rings. The molecule has 124 valence electrons. The summed E-state index contributed by atoms with van der Waals surface area (Å²) in [7, 11) is 0. The van der Waals surface area contributed by atoms with Crippen molar-refractivity contribution in [3.8, 4) is 0 Å². The number of hydrogen-bond donors (Lipinski definition) is 0. The van der Waals surface area contributed by atoms with Gasteiger partial charge >= 0.3 is 0 Å². The Balaban J connectivity index is 1.97. The molecule has 1 aliphatic heterocycles. The fourth-order valence-electron chi connectivity index (χ4n) is 3.52. The van der Waals surface area contributed by atoms with E-state index in [2.05, 4.69) is 74.8 Å². The van der Waals surface area contributed by atoms with E-state index in [9.17, 15) is 0 Å². The minimum Gasteiger partial charge on any atom is -0.371 e. The lowest BCUT2D eigenvalue weighted by Crippen LogP contribution is -2.50. The van der Waals surface area contributed by atoms with Crippen LogP contribution in [-0.4, -0.2) is 54.2 Å². The van der Waals surface area contributed by atoms with Crippen molar-refractivity contribution >= 4 is 0 Å². The highest BCUT2D eigenvalue weighted by Gasteiger charge is 2.30. The van der Waals surface area contributed by atoms with Crippen LogP contribution >= 0.6 is 0 Å². The Bertz CT molecular complexity index is 424. The third-order valence-corrected chi connectivity index (χ3v) is 4.79. The number of nitrogens with zero attached hydrogens (tertiary/aromatic N) is 2. The average molecular weight is 304 g/mol. The fourth-order valence-corrected chi connectivity index (χ4v) is 3.52. The Morgan fingerprint density at radius 3 is 2.36 bits per heavy atom. The van der Waals surface area contributed by atoms with Crippen LogP contribution in [0.25, 0.3) is 0 Å². The lowest BCUT2D eigenvalue weighted by atomic mass is 10.0. The van der Waals surface area contributed by atoms with E-state index >= 15 is 0 Å². The molecule has 0 N–H and O–H groups in total. The van der Waals surface area contributed by atoms with E-state index in [1.165, 1.54) is 5.56 Å². The van der Waals surface area contributed by atoms with Crippen LogP contribution in [0.4, 0.5) is 0 Å². The van der Waals surface area contributed by atoms with Crippen molar-refractivity contribution in [2.45, 2.75) is 58.8 Å². The van der Waals surface area contributed by atoms with E-state index in [0.717, 1.165) is 26.2 Å². The lowest BCUT2D eigenvalue weighted by molar-refractivity contribution is -0.0700. The normalized spacial score (nSPS) is 23.6. The third-order valence-electron chi connectivity index (χ3n) is 4.79. The molecule has 3 nitrogen and oxygen atoms in total. The second-order valence-electron chi connectivity index (χ2n) is 6.90. The molecule has 0 spiro atoms. The first kappa shape index (κ1) is 17.5. The summed E-state index contributed by atoms with van der Waals surface area (Å²) < 4.78 is 6.05. The van der Waals surface area contributed by atoms with Gasteiger partial charge in [-0.1, -0.05) is 30.3 Å². The first-order valence-corrected chi connectivity index (χ1v) is 8.67. The molecular formula is C19H32N2O. The largest absolute Gasteiger partial charge is 0.371 e. The van der Waals surface area contributed by atoms with Crippen LogP contribution < -0.4 is 0 Å². The maximum Gasteiger partial charge on any atom is 0.0977 e. The van der Waals surface area contributed by atoms with E-state index in [4.69, 9.17) is 4.74 Å². The third kappa shape index (κ3) is 4.31. The average Bonchev–Trinajstić information content (AvgIpc) is 2.49. The SMILES string of the molecule is CC1C(c2ccccc2)OCCN1CCN(C(C)C)C(C)C. The maximum absolute atomic E-state index is 6.05. The van der Waals surface area contributed by atoms with E-state index in [0.29, 0.717) is 18.1 Å².